The lowest BCUT2D eigenvalue weighted by Gasteiger charge is -2.27. The Labute approximate surface area is 80.2 Å². The quantitative estimate of drug-likeness (QED) is 0.480. The summed E-state index contributed by atoms with van der Waals surface area (Å²) in [4.78, 5) is 0. The molecule has 13 heavy (non-hydrogen) atoms. The van der Waals surface area contributed by atoms with E-state index in [-0.39, 0.29) is 6.10 Å². The minimum Gasteiger partial charge on any atom is -0.389 e. The highest BCUT2D eigenvalue weighted by atomic mass is 16.3. The van der Waals surface area contributed by atoms with Crippen LogP contribution in [0, 0.1) is 18.3 Å². The summed E-state index contributed by atoms with van der Waals surface area (Å²) >= 11 is 0. The minimum absolute atomic E-state index is 0.352. The molecule has 0 aromatic rings. The Hall–Kier alpha value is -1.00. The van der Waals surface area contributed by atoms with Gasteiger partial charge in [0.25, 0.3) is 0 Å². The van der Waals surface area contributed by atoms with E-state index in [9.17, 15) is 5.11 Å². The van der Waals surface area contributed by atoms with Gasteiger partial charge in [-0.15, -0.1) is 6.42 Å². The minimum atomic E-state index is -0.374. The van der Waals surface area contributed by atoms with Crippen molar-refractivity contribution in [2.75, 3.05) is 0 Å². The van der Waals surface area contributed by atoms with Gasteiger partial charge in [-0.1, -0.05) is 18.1 Å². The van der Waals surface area contributed by atoms with E-state index in [2.05, 4.69) is 12.5 Å². The van der Waals surface area contributed by atoms with Crippen molar-refractivity contribution in [3.63, 3.8) is 0 Å². The SMILES string of the molecule is C#CC1=C(C)[C@@H](O)C[C@@H](C(=C)C)C1. The van der Waals surface area contributed by atoms with Crippen LogP contribution in [0.4, 0.5) is 0 Å². The molecule has 0 bridgehead atoms. The second kappa shape index (κ2) is 3.81. The van der Waals surface area contributed by atoms with Gasteiger partial charge in [-0.3, -0.25) is 0 Å². The lowest BCUT2D eigenvalue weighted by molar-refractivity contribution is 0.172. The predicted molar refractivity (Wildman–Crippen MR) is 55.1 cm³/mol. The van der Waals surface area contributed by atoms with Crippen LogP contribution >= 0.6 is 0 Å². The van der Waals surface area contributed by atoms with Gasteiger partial charge < -0.3 is 5.11 Å². The molecular formula is C12H16O. The smallest absolute Gasteiger partial charge is 0.0765 e. The van der Waals surface area contributed by atoms with Gasteiger partial charge in [0, 0.05) is 5.57 Å². The summed E-state index contributed by atoms with van der Waals surface area (Å²) in [6.45, 7) is 7.81. The van der Waals surface area contributed by atoms with E-state index in [0.717, 1.165) is 29.6 Å². The summed E-state index contributed by atoms with van der Waals surface area (Å²) in [5.74, 6) is 3.00. The van der Waals surface area contributed by atoms with Gasteiger partial charge in [0.1, 0.15) is 0 Å². The number of terminal acetylenes is 1. The van der Waals surface area contributed by atoms with Gasteiger partial charge in [0.2, 0.25) is 0 Å². The van der Waals surface area contributed by atoms with E-state index >= 15 is 0 Å². The van der Waals surface area contributed by atoms with Gasteiger partial charge in [-0.05, 0) is 38.2 Å². The second-order valence-corrected chi connectivity index (χ2v) is 3.80. The van der Waals surface area contributed by atoms with Crippen molar-refractivity contribution in [1.29, 1.82) is 0 Å². The van der Waals surface area contributed by atoms with Crippen molar-refractivity contribution in [2.24, 2.45) is 5.92 Å². The maximum absolute atomic E-state index is 9.70. The molecule has 1 aliphatic carbocycles. The molecule has 2 atom stereocenters. The van der Waals surface area contributed by atoms with Crippen LogP contribution in [0.15, 0.2) is 23.3 Å². The van der Waals surface area contributed by atoms with Crippen LogP contribution in [0.1, 0.15) is 26.7 Å². The average Bonchev–Trinajstić information content (AvgIpc) is 2.09. The fourth-order valence-corrected chi connectivity index (χ4v) is 1.69. The monoisotopic (exact) mass is 176 g/mol. The lowest BCUT2D eigenvalue weighted by atomic mass is 9.80. The summed E-state index contributed by atoms with van der Waals surface area (Å²) < 4.78 is 0. The van der Waals surface area contributed by atoms with E-state index in [1.54, 1.807) is 0 Å². The molecule has 1 nitrogen and oxygen atoms in total. The Morgan fingerprint density at radius 1 is 1.69 bits per heavy atom. The number of hydrogen-bond donors (Lipinski definition) is 1. The first-order valence-corrected chi connectivity index (χ1v) is 4.56. The Balaban J connectivity index is 2.90. The third-order valence-corrected chi connectivity index (χ3v) is 2.81. The fourth-order valence-electron chi connectivity index (χ4n) is 1.69. The zero-order valence-electron chi connectivity index (χ0n) is 8.30. The summed E-state index contributed by atoms with van der Waals surface area (Å²) in [6, 6.07) is 0. The Bertz CT molecular complexity index is 291. The summed E-state index contributed by atoms with van der Waals surface area (Å²) in [7, 11) is 0. The van der Waals surface area contributed by atoms with Crippen LogP contribution in [-0.2, 0) is 0 Å². The molecule has 0 aliphatic heterocycles. The molecule has 0 spiro atoms. The molecule has 0 radical (unpaired) electrons. The maximum Gasteiger partial charge on any atom is 0.0765 e. The van der Waals surface area contributed by atoms with Crippen LogP contribution in [0.3, 0.4) is 0 Å². The summed E-state index contributed by atoms with van der Waals surface area (Å²) in [6.07, 6.45) is 6.64. The number of aliphatic hydroxyl groups excluding tert-OH is 1. The molecular weight excluding hydrogens is 160 g/mol. The first-order chi connectivity index (χ1) is 6.06. The van der Waals surface area contributed by atoms with Crippen molar-refractivity contribution < 1.29 is 5.11 Å². The molecule has 0 aromatic heterocycles. The van der Waals surface area contributed by atoms with Crippen molar-refractivity contribution in [2.45, 2.75) is 32.8 Å². The van der Waals surface area contributed by atoms with E-state index in [4.69, 9.17) is 6.42 Å². The Morgan fingerprint density at radius 2 is 2.31 bits per heavy atom. The molecule has 0 aromatic carbocycles. The standard InChI is InChI=1S/C12H16O/c1-5-10-6-11(8(2)3)7-12(13)9(10)4/h1,11-13H,2,6-7H2,3-4H3/t11-,12-/m0/s1. The highest BCUT2D eigenvalue weighted by molar-refractivity contribution is 5.36. The maximum atomic E-state index is 9.70. The normalized spacial score (nSPS) is 28.5. The molecule has 0 saturated carbocycles. The third-order valence-electron chi connectivity index (χ3n) is 2.81. The van der Waals surface area contributed by atoms with E-state index in [1.807, 2.05) is 13.8 Å². The number of rotatable bonds is 1. The highest BCUT2D eigenvalue weighted by Crippen LogP contribution is 2.32. The van der Waals surface area contributed by atoms with Crippen LogP contribution in [0.2, 0.25) is 0 Å². The summed E-state index contributed by atoms with van der Waals surface area (Å²) in [5, 5.41) is 9.70. The van der Waals surface area contributed by atoms with Crippen LogP contribution < -0.4 is 0 Å². The van der Waals surface area contributed by atoms with Crippen molar-refractivity contribution in [1.82, 2.24) is 0 Å². The Kier molecular flexibility index (Phi) is 2.95. The zero-order chi connectivity index (χ0) is 10.0. The predicted octanol–water partition coefficient (Wildman–Crippen LogP) is 2.28. The van der Waals surface area contributed by atoms with Gasteiger partial charge in [-0.25, -0.2) is 0 Å². The number of hydrogen-bond acceptors (Lipinski definition) is 1. The molecule has 1 heteroatoms. The van der Waals surface area contributed by atoms with Gasteiger partial charge in [-0.2, -0.15) is 0 Å². The van der Waals surface area contributed by atoms with Crippen LogP contribution in [-0.4, -0.2) is 11.2 Å². The summed E-state index contributed by atoms with van der Waals surface area (Å²) in [5.41, 5.74) is 3.02. The molecule has 1 N–H and O–H groups in total. The first kappa shape index (κ1) is 10.1. The van der Waals surface area contributed by atoms with Crippen molar-refractivity contribution in [3.05, 3.63) is 23.3 Å². The van der Waals surface area contributed by atoms with Crippen molar-refractivity contribution in [3.8, 4) is 12.3 Å². The molecule has 1 rings (SSSR count). The lowest BCUT2D eigenvalue weighted by Crippen LogP contribution is -2.22. The molecule has 70 valence electrons. The fraction of sp³-hybridized carbons (Fsp3) is 0.500. The van der Waals surface area contributed by atoms with Gasteiger partial charge in [0.05, 0.1) is 6.10 Å². The molecule has 0 heterocycles. The zero-order valence-corrected chi connectivity index (χ0v) is 8.30. The topological polar surface area (TPSA) is 20.2 Å². The van der Waals surface area contributed by atoms with Gasteiger partial charge in [0.15, 0.2) is 0 Å². The molecule has 1 aliphatic rings. The second-order valence-electron chi connectivity index (χ2n) is 3.80. The Morgan fingerprint density at radius 3 is 2.77 bits per heavy atom. The molecule has 0 saturated heterocycles. The third kappa shape index (κ3) is 2.02. The first-order valence-electron chi connectivity index (χ1n) is 4.56. The largest absolute Gasteiger partial charge is 0.389 e. The van der Waals surface area contributed by atoms with Crippen LogP contribution in [0.25, 0.3) is 0 Å². The van der Waals surface area contributed by atoms with Crippen molar-refractivity contribution >= 4 is 0 Å². The van der Waals surface area contributed by atoms with Crippen LogP contribution in [0.5, 0.6) is 0 Å². The number of aliphatic hydroxyl groups is 1. The van der Waals surface area contributed by atoms with E-state index < -0.39 is 0 Å². The molecule has 0 unspecified atom stereocenters. The average molecular weight is 176 g/mol. The molecule has 0 amide bonds. The number of allylic oxidation sites excluding steroid dienone is 2. The molecule has 0 fully saturated rings. The van der Waals surface area contributed by atoms with E-state index in [0.29, 0.717) is 5.92 Å². The highest BCUT2D eigenvalue weighted by Gasteiger charge is 2.24. The van der Waals surface area contributed by atoms with Gasteiger partial charge >= 0.3 is 0 Å². The van der Waals surface area contributed by atoms with E-state index in [1.165, 1.54) is 0 Å².